The molecule has 7 nitrogen and oxygen atoms in total. The SMILES string of the molecule is Cl.O=C(O)c1cc([N+](=O)[O-])cnc1OCC(F)F. The number of hydrogen-bond donors (Lipinski definition) is 1. The van der Waals surface area contributed by atoms with Gasteiger partial charge in [-0.2, -0.15) is 0 Å². The van der Waals surface area contributed by atoms with E-state index in [2.05, 4.69) is 9.72 Å². The Morgan fingerprint density at radius 3 is 2.67 bits per heavy atom. The van der Waals surface area contributed by atoms with Gasteiger partial charge in [-0.15, -0.1) is 12.4 Å². The zero-order chi connectivity index (χ0) is 13.0. The van der Waals surface area contributed by atoms with Gasteiger partial charge in [-0.3, -0.25) is 10.1 Å². The minimum atomic E-state index is -2.80. The predicted octanol–water partition coefficient (Wildman–Crippen LogP) is 1.75. The predicted molar refractivity (Wildman–Crippen MR) is 56.6 cm³/mol. The highest BCUT2D eigenvalue weighted by Crippen LogP contribution is 2.21. The van der Waals surface area contributed by atoms with Crippen molar-refractivity contribution in [3.05, 3.63) is 27.9 Å². The van der Waals surface area contributed by atoms with Crippen molar-refractivity contribution in [3.8, 4) is 5.88 Å². The number of pyridine rings is 1. The molecule has 0 radical (unpaired) electrons. The number of aromatic nitrogens is 1. The summed E-state index contributed by atoms with van der Waals surface area (Å²) in [7, 11) is 0. The highest BCUT2D eigenvalue weighted by atomic mass is 35.5. The number of hydrogen-bond acceptors (Lipinski definition) is 5. The Labute approximate surface area is 105 Å². The molecule has 0 spiro atoms. The molecular weight excluding hydrogens is 278 g/mol. The van der Waals surface area contributed by atoms with E-state index in [0.29, 0.717) is 6.07 Å². The molecule has 100 valence electrons. The van der Waals surface area contributed by atoms with Crippen molar-refractivity contribution >= 4 is 24.1 Å². The summed E-state index contributed by atoms with van der Waals surface area (Å²) in [5, 5.41) is 19.1. The molecule has 0 saturated carbocycles. The fourth-order valence-corrected chi connectivity index (χ4v) is 0.951. The van der Waals surface area contributed by atoms with Gasteiger partial charge in [0.25, 0.3) is 12.1 Å². The third-order valence-corrected chi connectivity index (χ3v) is 1.62. The Bertz CT molecular complexity index is 457. The van der Waals surface area contributed by atoms with Crippen molar-refractivity contribution in [2.75, 3.05) is 6.61 Å². The molecule has 1 N–H and O–H groups in total. The number of carboxylic acid groups (broad SMARTS) is 1. The van der Waals surface area contributed by atoms with Gasteiger partial charge in [0, 0.05) is 6.07 Å². The Morgan fingerprint density at radius 2 is 2.22 bits per heavy atom. The van der Waals surface area contributed by atoms with Gasteiger partial charge in [0.05, 0.1) is 4.92 Å². The van der Waals surface area contributed by atoms with Crippen LogP contribution in [0.1, 0.15) is 10.4 Å². The maximum absolute atomic E-state index is 11.9. The lowest BCUT2D eigenvalue weighted by Gasteiger charge is -2.06. The first-order valence-corrected chi connectivity index (χ1v) is 4.20. The zero-order valence-corrected chi connectivity index (χ0v) is 9.39. The number of carboxylic acids is 1. The van der Waals surface area contributed by atoms with Crippen molar-refractivity contribution in [2.24, 2.45) is 0 Å². The van der Waals surface area contributed by atoms with Gasteiger partial charge in [0.2, 0.25) is 5.88 Å². The highest BCUT2D eigenvalue weighted by Gasteiger charge is 2.19. The molecule has 0 atom stereocenters. The van der Waals surface area contributed by atoms with Gasteiger partial charge >= 0.3 is 5.97 Å². The first-order chi connectivity index (χ1) is 7.91. The topological polar surface area (TPSA) is 103 Å². The summed E-state index contributed by atoms with van der Waals surface area (Å²) in [6.07, 6.45) is -2.07. The molecule has 1 aromatic heterocycles. The molecule has 0 unspecified atom stereocenters. The first kappa shape index (κ1) is 16.0. The summed E-state index contributed by atoms with van der Waals surface area (Å²) in [5.41, 5.74) is -1.20. The summed E-state index contributed by atoms with van der Waals surface area (Å²) in [4.78, 5) is 23.5. The lowest BCUT2D eigenvalue weighted by molar-refractivity contribution is -0.385. The van der Waals surface area contributed by atoms with Crippen molar-refractivity contribution in [2.45, 2.75) is 6.43 Å². The molecule has 0 fully saturated rings. The minimum absolute atomic E-state index is 0. The van der Waals surface area contributed by atoms with E-state index < -0.39 is 41.1 Å². The smallest absolute Gasteiger partial charge is 0.341 e. The molecule has 18 heavy (non-hydrogen) atoms. The average molecular weight is 285 g/mol. The molecule has 0 bridgehead atoms. The number of aromatic carboxylic acids is 1. The molecule has 0 amide bonds. The monoisotopic (exact) mass is 284 g/mol. The standard InChI is InChI=1S/C8H6F2N2O5.ClH/c9-6(10)3-17-7-5(8(13)14)1-4(2-11-7)12(15)16;/h1-2,6H,3H2,(H,13,14);1H. The van der Waals surface area contributed by atoms with E-state index in [4.69, 9.17) is 5.11 Å². The Morgan fingerprint density at radius 1 is 1.61 bits per heavy atom. The number of nitro groups is 1. The highest BCUT2D eigenvalue weighted by molar-refractivity contribution is 5.90. The van der Waals surface area contributed by atoms with Gasteiger partial charge in [-0.25, -0.2) is 18.6 Å². The number of rotatable bonds is 5. The molecule has 1 rings (SSSR count). The van der Waals surface area contributed by atoms with Gasteiger partial charge < -0.3 is 9.84 Å². The number of halogens is 3. The third kappa shape index (κ3) is 4.09. The second-order valence-corrected chi connectivity index (χ2v) is 2.81. The van der Waals surface area contributed by atoms with Gasteiger partial charge in [0.15, 0.2) is 6.61 Å². The summed E-state index contributed by atoms with van der Waals surface area (Å²) in [5.74, 6) is -2.13. The van der Waals surface area contributed by atoms with E-state index in [0.717, 1.165) is 6.20 Å². The Hall–Kier alpha value is -2.03. The van der Waals surface area contributed by atoms with Crippen LogP contribution in [0.5, 0.6) is 5.88 Å². The van der Waals surface area contributed by atoms with Crippen molar-refractivity contribution < 1.29 is 28.3 Å². The van der Waals surface area contributed by atoms with E-state index in [9.17, 15) is 23.7 Å². The summed E-state index contributed by atoms with van der Waals surface area (Å²) < 4.78 is 28.1. The summed E-state index contributed by atoms with van der Waals surface area (Å²) in [6.45, 7) is -1.04. The fourth-order valence-electron chi connectivity index (χ4n) is 0.951. The molecule has 0 aromatic carbocycles. The maximum atomic E-state index is 11.9. The zero-order valence-electron chi connectivity index (χ0n) is 8.58. The largest absolute Gasteiger partial charge is 0.477 e. The number of alkyl halides is 2. The maximum Gasteiger partial charge on any atom is 0.341 e. The van der Waals surface area contributed by atoms with Gasteiger partial charge in [0.1, 0.15) is 11.8 Å². The van der Waals surface area contributed by atoms with Crippen molar-refractivity contribution in [1.29, 1.82) is 0 Å². The van der Waals surface area contributed by atoms with Crippen LogP contribution in [-0.4, -0.2) is 34.0 Å². The van der Waals surface area contributed by atoms with E-state index in [1.807, 2.05) is 0 Å². The molecular formula is C8H7ClF2N2O5. The molecule has 10 heteroatoms. The molecule has 1 aromatic rings. The van der Waals surface area contributed by atoms with Crippen molar-refractivity contribution in [1.82, 2.24) is 4.98 Å². The molecule has 0 aliphatic rings. The number of nitrogens with zero attached hydrogens (tertiary/aromatic N) is 2. The second kappa shape index (κ2) is 6.64. The van der Waals surface area contributed by atoms with E-state index in [1.54, 1.807) is 0 Å². The minimum Gasteiger partial charge on any atom is -0.477 e. The lowest BCUT2D eigenvalue weighted by atomic mass is 10.2. The molecule has 0 saturated heterocycles. The van der Waals surface area contributed by atoms with Crippen LogP contribution in [0.15, 0.2) is 12.3 Å². The number of carbonyl (C=O) groups is 1. The normalized spacial score (nSPS) is 9.72. The third-order valence-electron chi connectivity index (χ3n) is 1.62. The van der Waals surface area contributed by atoms with Crippen molar-refractivity contribution in [3.63, 3.8) is 0 Å². The molecule has 1 heterocycles. The summed E-state index contributed by atoms with van der Waals surface area (Å²) in [6, 6.07) is 0.691. The second-order valence-electron chi connectivity index (χ2n) is 2.81. The van der Waals surface area contributed by atoms with Crippen LogP contribution in [-0.2, 0) is 0 Å². The summed E-state index contributed by atoms with van der Waals surface area (Å²) >= 11 is 0. The van der Waals surface area contributed by atoms with Crippen LogP contribution in [0.3, 0.4) is 0 Å². The van der Waals surface area contributed by atoms with Crippen LogP contribution in [0.2, 0.25) is 0 Å². The van der Waals surface area contributed by atoms with E-state index in [1.165, 1.54) is 0 Å². The van der Waals surface area contributed by atoms with Gasteiger partial charge in [-0.1, -0.05) is 0 Å². The van der Waals surface area contributed by atoms with E-state index >= 15 is 0 Å². The lowest BCUT2D eigenvalue weighted by Crippen LogP contribution is -2.11. The van der Waals surface area contributed by atoms with Crippen LogP contribution in [0.25, 0.3) is 0 Å². The van der Waals surface area contributed by atoms with E-state index in [-0.39, 0.29) is 12.4 Å². The quantitative estimate of drug-likeness (QED) is 0.653. The first-order valence-electron chi connectivity index (χ1n) is 4.20. The average Bonchev–Trinajstić information content (AvgIpc) is 2.25. The van der Waals surface area contributed by atoms with Crippen LogP contribution in [0, 0.1) is 10.1 Å². The number of ether oxygens (including phenoxy) is 1. The Balaban J connectivity index is 0.00000289. The van der Waals surface area contributed by atoms with Crippen LogP contribution in [0.4, 0.5) is 14.5 Å². The molecule has 0 aliphatic heterocycles. The van der Waals surface area contributed by atoms with Crippen LogP contribution < -0.4 is 4.74 Å². The molecule has 0 aliphatic carbocycles. The van der Waals surface area contributed by atoms with Gasteiger partial charge in [-0.05, 0) is 0 Å². The Kier molecular flexibility index (Phi) is 5.89. The fraction of sp³-hybridized carbons (Fsp3) is 0.250. The van der Waals surface area contributed by atoms with Crippen LogP contribution >= 0.6 is 12.4 Å².